The molecule has 1 fully saturated rings. The number of amides is 1. The van der Waals surface area contributed by atoms with E-state index < -0.39 is 9.84 Å². The van der Waals surface area contributed by atoms with Crippen molar-refractivity contribution >= 4 is 15.7 Å². The Bertz CT molecular complexity index is 924. The van der Waals surface area contributed by atoms with Gasteiger partial charge in [0.15, 0.2) is 9.84 Å². The summed E-state index contributed by atoms with van der Waals surface area (Å²) < 4.78 is 34.9. The molecular weight excluding hydrogens is 378 g/mol. The minimum Gasteiger partial charge on any atom is -0.497 e. The molecule has 1 aliphatic rings. The molecule has 0 N–H and O–H groups in total. The Morgan fingerprint density at radius 2 is 1.86 bits per heavy atom. The third-order valence-corrected chi connectivity index (χ3v) is 6.59. The summed E-state index contributed by atoms with van der Waals surface area (Å²) in [6.45, 7) is 2.63. The van der Waals surface area contributed by atoms with Crippen molar-refractivity contribution in [1.82, 2.24) is 4.90 Å². The maximum Gasteiger partial charge on any atom is 0.258 e. The van der Waals surface area contributed by atoms with Crippen molar-refractivity contribution in [2.75, 3.05) is 25.2 Å². The first-order valence-corrected chi connectivity index (χ1v) is 11.1. The standard InChI is InChI=1S/C21H25NO5S/c1-3-27-20-7-5-4-6-19(20)21(23)22(17-12-13-28(24,25)15-17)14-16-8-10-18(26-2)11-9-16/h4-11,17H,3,12-15H2,1-2H3/t17-/m0/s1. The van der Waals surface area contributed by atoms with Crippen LogP contribution in [0.25, 0.3) is 0 Å². The SMILES string of the molecule is CCOc1ccccc1C(=O)N(Cc1ccc(OC)cc1)[C@H]1CCS(=O)(=O)C1. The van der Waals surface area contributed by atoms with Crippen molar-refractivity contribution in [2.45, 2.75) is 25.9 Å². The molecule has 1 aliphatic heterocycles. The van der Waals surface area contributed by atoms with Crippen molar-refractivity contribution < 1.29 is 22.7 Å². The van der Waals surface area contributed by atoms with Gasteiger partial charge in [0.1, 0.15) is 11.5 Å². The van der Waals surface area contributed by atoms with E-state index in [0.717, 1.165) is 11.3 Å². The quantitative estimate of drug-likeness (QED) is 0.711. The summed E-state index contributed by atoms with van der Waals surface area (Å²) in [4.78, 5) is 15.0. The lowest BCUT2D eigenvalue weighted by Crippen LogP contribution is -2.40. The van der Waals surface area contributed by atoms with Gasteiger partial charge in [0.05, 0.1) is 30.8 Å². The minimum atomic E-state index is -3.12. The lowest BCUT2D eigenvalue weighted by Gasteiger charge is -2.29. The van der Waals surface area contributed by atoms with Gasteiger partial charge in [-0.3, -0.25) is 4.79 Å². The Morgan fingerprint density at radius 3 is 2.46 bits per heavy atom. The third kappa shape index (κ3) is 4.65. The summed E-state index contributed by atoms with van der Waals surface area (Å²) in [5, 5.41) is 0. The molecule has 2 aromatic rings. The Balaban J connectivity index is 1.92. The van der Waals surface area contributed by atoms with Gasteiger partial charge in [0.2, 0.25) is 0 Å². The number of sulfone groups is 1. The van der Waals surface area contributed by atoms with Gasteiger partial charge < -0.3 is 14.4 Å². The average Bonchev–Trinajstić information content (AvgIpc) is 3.06. The van der Waals surface area contributed by atoms with Gasteiger partial charge >= 0.3 is 0 Å². The predicted octanol–water partition coefficient (Wildman–Crippen LogP) is 2.92. The maximum absolute atomic E-state index is 13.4. The van der Waals surface area contributed by atoms with E-state index in [-0.39, 0.29) is 23.5 Å². The third-order valence-electron chi connectivity index (χ3n) is 4.84. The van der Waals surface area contributed by atoms with Crippen molar-refractivity contribution in [3.05, 3.63) is 59.7 Å². The lowest BCUT2D eigenvalue weighted by atomic mass is 10.1. The molecule has 0 spiro atoms. The van der Waals surface area contributed by atoms with Crippen LogP contribution in [0.5, 0.6) is 11.5 Å². The lowest BCUT2D eigenvalue weighted by molar-refractivity contribution is 0.0676. The normalized spacial score (nSPS) is 17.9. The number of para-hydroxylation sites is 1. The van der Waals surface area contributed by atoms with Crippen molar-refractivity contribution in [2.24, 2.45) is 0 Å². The zero-order valence-corrected chi connectivity index (χ0v) is 16.9. The highest BCUT2D eigenvalue weighted by molar-refractivity contribution is 7.91. The fourth-order valence-corrected chi connectivity index (χ4v) is 5.13. The molecule has 0 unspecified atom stereocenters. The van der Waals surface area contributed by atoms with E-state index in [2.05, 4.69) is 0 Å². The number of nitrogens with zero attached hydrogens (tertiary/aromatic N) is 1. The Kier molecular flexibility index (Phi) is 6.24. The van der Waals surface area contributed by atoms with Gasteiger partial charge in [-0.15, -0.1) is 0 Å². The van der Waals surface area contributed by atoms with Crippen LogP contribution in [0.2, 0.25) is 0 Å². The second kappa shape index (κ2) is 8.65. The molecule has 7 heteroatoms. The van der Waals surface area contributed by atoms with E-state index in [4.69, 9.17) is 9.47 Å². The number of carbonyl (C=O) groups is 1. The molecule has 1 heterocycles. The fraction of sp³-hybridized carbons (Fsp3) is 0.381. The zero-order valence-electron chi connectivity index (χ0n) is 16.1. The molecule has 0 bridgehead atoms. The number of rotatable bonds is 7. The van der Waals surface area contributed by atoms with Gasteiger partial charge in [0, 0.05) is 12.6 Å². The number of methoxy groups -OCH3 is 1. The number of hydrogen-bond donors (Lipinski definition) is 0. The number of benzene rings is 2. The van der Waals surface area contributed by atoms with Crippen molar-refractivity contribution in [1.29, 1.82) is 0 Å². The van der Waals surface area contributed by atoms with Crippen LogP contribution in [0, 0.1) is 0 Å². The highest BCUT2D eigenvalue weighted by Gasteiger charge is 2.35. The molecule has 1 atom stereocenters. The average molecular weight is 404 g/mol. The first-order valence-electron chi connectivity index (χ1n) is 9.29. The van der Waals surface area contributed by atoms with Crippen molar-refractivity contribution in [3.63, 3.8) is 0 Å². The molecule has 150 valence electrons. The summed E-state index contributed by atoms with van der Waals surface area (Å²) >= 11 is 0. The molecule has 28 heavy (non-hydrogen) atoms. The van der Waals surface area contributed by atoms with Crippen LogP contribution in [-0.4, -0.2) is 50.5 Å². The van der Waals surface area contributed by atoms with Gasteiger partial charge in [-0.2, -0.15) is 0 Å². The van der Waals surface area contributed by atoms with Crippen molar-refractivity contribution in [3.8, 4) is 11.5 Å². The van der Waals surface area contributed by atoms with E-state index in [1.165, 1.54) is 0 Å². The van der Waals surface area contributed by atoms with E-state index >= 15 is 0 Å². The molecule has 1 amide bonds. The van der Waals surface area contributed by atoms with E-state index in [1.807, 2.05) is 37.3 Å². The molecular formula is C21H25NO5S. The summed E-state index contributed by atoms with van der Waals surface area (Å²) in [5.74, 6) is 1.12. The molecule has 0 saturated carbocycles. The fourth-order valence-electron chi connectivity index (χ4n) is 3.39. The van der Waals surface area contributed by atoms with Gasteiger partial charge in [0.25, 0.3) is 5.91 Å². The maximum atomic E-state index is 13.4. The van der Waals surface area contributed by atoms with Crippen LogP contribution in [0.1, 0.15) is 29.3 Å². The molecule has 0 aromatic heterocycles. The molecule has 3 rings (SSSR count). The van der Waals surface area contributed by atoms with Crippen LogP contribution in [0.15, 0.2) is 48.5 Å². The van der Waals surface area contributed by atoms with Crippen LogP contribution in [0.3, 0.4) is 0 Å². The van der Waals surface area contributed by atoms with E-state index in [9.17, 15) is 13.2 Å². The highest BCUT2D eigenvalue weighted by atomic mass is 32.2. The van der Waals surface area contributed by atoms with Crippen LogP contribution < -0.4 is 9.47 Å². The highest BCUT2D eigenvalue weighted by Crippen LogP contribution is 2.26. The number of carbonyl (C=O) groups excluding carboxylic acids is 1. The molecule has 0 aliphatic carbocycles. The second-order valence-corrected chi connectivity index (χ2v) is 9.00. The first-order chi connectivity index (χ1) is 13.4. The molecule has 6 nitrogen and oxygen atoms in total. The van der Waals surface area contributed by atoms with Gasteiger partial charge in [-0.25, -0.2) is 8.42 Å². The first kappa shape index (κ1) is 20.2. The Hall–Kier alpha value is -2.54. The summed E-state index contributed by atoms with van der Waals surface area (Å²) in [6, 6.07) is 14.2. The molecule has 0 radical (unpaired) electrons. The van der Waals surface area contributed by atoms with Crippen LogP contribution >= 0.6 is 0 Å². The van der Waals surface area contributed by atoms with Crippen LogP contribution in [-0.2, 0) is 16.4 Å². The Morgan fingerprint density at radius 1 is 1.14 bits per heavy atom. The second-order valence-electron chi connectivity index (χ2n) is 6.77. The monoisotopic (exact) mass is 403 g/mol. The minimum absolute atomic E-state index is 0.00824. The Labute approximate surface area is 166 Å². The summed E-state index contributed by atoms with van der Waals surface area (Å²) in [6.07, 6.45) is 0.445. The number of ether oxygens (including phenoxy) is 2. The smallest absolute Gasteiger partial charge is 0.258 e. The molecule has 2 aromatic carbocycles. The largest absolute Gasteiger partial charge is 0.497 e. The van der Waals surface area contributed by atoms with Gasteiger partial charge in [-0.05, 0) is 43.2 Å². The summed E-state index contributed by atoms with van der Waals surface area (Å²) in [5.41, 5.74) is 1.36. The van der Waals surface area contributed by atoms with E-state index in [0.29, 0.717) is 30.9 Å². The zero-order chi connectivity index (χ0) is 20.1. The predicted molar refractivity (Wildman–Crippen MR) is 108 cm³/mol. The summed E-state index contributed by atoms with van der Waals surface area (Å²) in [7, 11) is -1.53. The molecule has 1 saturated heterocycles. The topological polar surface area (TPSA) is 72.9 Å². The number of hydrogen-bond acceptors (Lipinski definition) is 5. The van der Waals surface area contributed by atoms with E-state index in [1.54, 1.807) is 30.2 Å². The van der Waals surface area contributed by atoms with Crippen LogP contribution in [0.4, 0.5) is 0 Å². The van der Waals surface area contributed by atoms with Gasteiger partial charge in [-0.1, -0.05) is 24.3 Å².